The van der Waals surface area contributed by atoms with Gasteiger partial charge in [0.2, 0.25) is 6.79 Å². The maximum atomic E-state index is 11.7. The van der Waals surface area contributed by atoms with Gasteiger partial charge in [-0.15, -0.1) is 0 Å². The highest BCUT2D eigenvalue weighted by Gasteiger charge is 2.17. The largest absolute Gasteiger partial charge is 0.427 e. The summed E-state index contributed by atoms with van der Waals surface area (Å²) in [5, 5.41) is 0. The number of benzene rings is 1. The number of rotatable bonds is 7. The molecule has 22 heavy (non-hydrogen) atoms. The summed E-state index contributed by atoms with van der Waals surface area (Å²) < 4.78 is 9.36. The molecule has 0 aromatic heterocycles. The Labute approximate surface area is 128 Å². The predicted octanol–water partition coefficient (Wildman–Crippen LogP) is 0.150. The number of ether oxygens (including phenoxy) is 2. The second kappa shape index (κ2) is 8.26. The van der Waals surface area contributed by atoms with E-state index in [1.165, 1.54) is 13.8 Å². The molecule has 1 unspecified atom stereocenters. The normalized spacial score (nSPS) is 13.1. The van der Waals surface area contributed by atoms with Gasteiger partial charge in [0.1, 0.15) is 12.1 Å². The SMILES string of the molecule is CC(=O)c1ccc(CC(N)C(=O)OCOC(=O)[C@H](C)N)cc1. The number of ketones is 1. The smallest absolute Gasteiger partial charge is 0.326 e. The van der Waals surface area contributed by atoms with E-state index in [9.17, 15) is 14.4 Å². The van der Waals surface area contributed by atoms with Crippen LogP contribution in [0.2, 0.25) is 0 Å². The van der Waals surface area contributed by atoms with Crippen molar-refractivity contribution in [3.63, 3.8) is 0 Å². The van der Waals surface area contributed by atoms with Crippen molar-refractivity contribution in [2.45, 2.75) is 32.4 Å². The molecular formula is C15H20N2O5. The van der Waals surface area contributed by atoms with Crippen LogP contribution >= 0.6 is 0 Å². The average molecular weight is 308 g/mol. The molecule has 0 bridgehead atoms. The highest BCUT2D eigenvalue weighted by molar-refractivity contribution is 5.94. The van der Waals surface area contributed by atoms with Gasteiger partial charge in [-0.3, -0.25) is 14.4 Å². The van der Waals surface area contributed by atoms with Crippen molar-refractivity contribution >= 4 is 17.7 Å². The van der Waals surface area contributed by atoms with Crippen molar-refractivity contribution in [3.8, 4) is 0 Å². The quantitative estimate of drug-likeness (QED) is 0.417. The van der Waals surface area contributed by atoms with Gasteiger partial charge in [0, 0.05) is 5.56 Å². The molecule has 0 saturated carbocycles. The van der Waals surface area contributed by atoms with Crippen LogP contribution in [-0.2, 0) is 25.5 Å². The molecule has 2 atom stereocenters. The van der Waals surface area contributed by atoms with Crippen LogP contribution in [0.3, 0.4) is 0 Å². The number of hydrogen-bond donors (Lipinski definition) is 2. The number of hydrogen-bond acceptors (Lipinski definition) is 7. The average Bonchev–Trinajstić information content (AvgIpc) is 2.47. The summed E-state index contributed by atoms with van der Waals surface area (Å²) in [5.74, 6) is -1.39. The van der Waals surface area contributed by atoms with Crippen molar-refractivity contribution in [1.82, 2.24) is 0 Å². The molecule has 0 saturated heterocycles. The molecule has 0 radical (unpaired) electrons. The molecule has 1 aromatic rings. The van der Waals surface area contributed by atoms with E-state index in [2.05, 4.69) is 4.74 Å². The van der Waals surface area contributed by atoms with Crippen molar-refractivity contribution in [2.75, 3.05) is 6.79 Å². The van der Waals surface area contributed by atoms with Crippen LogP contribution in [0.15, 0.2) is 24.3 Å². The molecule has 0 aliphatic heterocycles. The summed E-state index contributed by atoms with van der Waals surface area (Å²) in [6.07, 6.45) is 0.248. The second-order valence-electron chi connectivity index (χ2n) is 4.90. The minimum absolute atomic E-state index is 0.0359. The van der Waals surface area contributed by atoms with Gasteiger partial charge in [-0.2, -0.15) is 0 Å². The number of carbonyl (C=O) groups is 3. The van der Waals surface area contributed by atoms with Crippen LogP contribution in [0, 0.1) is 0 Å². The van der Waals surface area contributed by atoms with Crippen molar-refractivity contribution in [2.24, 2.45) is 11.5 Å². The van der Waals surface area contributed by atoms with Crippen molar-refractivity contribution in [3.05, 3.63) is 35.4 Å². The van der Waals surface area contributed by atoms with Crippen molar-refractivity contribution in [1.29, 1.82) is 0 Å². The highest BCUT2D eigenvalue weighted by atomic mass is 16.7. The molecule has 0 heterocycles. The molecule has 1 aromatic carbocycles. The first-order valence-electron chi connectivity index (χ1n) is 6.75. The summed E-state index contributed by atoms with van der Waals surface area (Å²) in [7, 11) is 0. The van der Waals surface area contributed by atoms with E-state index >= 15 is 0 Å². The van der Waals surface area contributed by atoms with E-state index in [1.807, 2.05) is 0 Å². The van der Waals surface area contributed by atoms with E-state index < -0.39 is 30.8 Å². The molecule has 7 heteroatoms. The standard InChI is InChI=1S/C15H20N2O5/c1-9(16)14(19)21-8-22-15(20)13(17)7-11-3-5-12(6-4-11)10(2)18/h3-6,9,13H,7-8,16-17H2,1-2H3/t9-,13?/m0/s1. The third kappa shape index (κ3) is 5.63. The molecule has 0 fully saturated rings. The van der Waals surface area contributed by atoms with Crippen LogP contribution in [0.1, 0.15) is 29.8 Å². The molecule has 1 rings (SSSR count). The Morgan fingerprint density at radius 1 is 1.05 bits per heavy atom. The predicted molar refractivity (Wildman–Crippen MR) is 78.8 cm³/mol. The maximum absolute atomic E-state index is 11.7. The lowest BCUT2D eigenvalue weighted by atomic mass is 10.0. The lowest BCUT2D eigenvalue weighted by Crippen LogP contribution is -2.36. The van der Waals surface area contributed by atoms with Gasteiger partial charge in [-0.1, -0.05) is 24.3 Å². The summed E-state index contributed by atoms with van der Waals surface area (Å²) >= 11 is 0. The number of carbonyl (C=O) groups excluding carboxylic acids is 3. The van der Waals surface area contributed by atoms with Gasteiger partial charge in [0.05, 0.1) is 0 Å². The fourth-order valence-electron chi connectivity index (χ4n) is 1.60. The third-order valence-electron chi connectivity index (χ3n) is 2.89. The number of nitrogens with two attached hydrogens (primary N) is 2. The summed E-state index contributed by atoms with van der Waals surface area (Å²) in [6.45, 7) is 2.42. The molecule has 7 nitrogen and oxygen atoms in total. The molecule has 4 N–H and O–H groups in total. The van der Waals surface area contributed by atoms with Gasteiger partial charge >= 0.3 is 11.9 Å². The monoisotopic (exact) mass is 308 g/mol. The Hall–Kier alpha value is -2.25. The molecule has 0 aliphatic carbocycles. The van der Waals surface area contributed by atoms with Gasteiger partial charge in [-0.05, 0) is 25.8 Å². The van der Waals surface area contributed by atoms with Crippen LogP contribution in [0.5, 0.6) is 0 Å². The van der Waals surface area contributed by atoms with Gasteiger partial charge in [-0.25, -0.2) is 0 Å². The molecule has 0 aliphatic rings. The van der Waals surface area contributed by atoms with E-state index in [1.54, 1.807) is 24.3 Å². The summed E-state index contributed by atoms with van der Waals surface area (Å²) in [6, 6.07) is 5.10. The first-order valence-corrected chi connectivity index (χ1v) is 6.75. The van der Waals surface area contributed by atoms with Gasteiger partial charge < -0.3 is 20.9 Å². The zero-order valence-electron chi connectivity index (χ0n) is 12.6. The van der Waals surface area contributed by atoms with E-state index in [4.69, 9.17) is 16.2 Å². The zero-order chi connectivity index (χ0) is 16.7. The van der Waals surface area contributed by atoms with Crippen LogP contribution in [0.4, 0.5) is 0 Å². The van der Waals surface area contributed by atoms with E-state index in [0.717, 1.165) is 5.56 Å². The van der Waals surface area contributed by atoms with E-state index in [0.29, 0.717) is 5.56 Å². The number of Topliss-reactive ketones (excluding diaryl/α,β-unsaturated/α-hetero) is 1. The van der Waals surface area contributed by atoms with Crippen molar-refractivity contribution < 1.29 is 23.9 Å². The number of esters is 2. The first-order chi connectivity index (χ1) is 10.3. The van der Waals surface area contributed by atoms with Crippen LogP contribution in [-0.4, -0.2) is 36.6 Å². The third-order valence-corrected chi connectivity index (χ3v) is 2.89. The molecule has 0 amide bonds. The van der Waals surface area contributed by atoms with Crippen LogP contribution < -0.4 is 11.5 Å². The fourth-order valence-corrected chi connectivity index (χ4v) is 1.60. The topological polar surface area (TPSA) is 122 Å². The Kier molecular flexibility index (Phi) is 6.68. The summed E-state index contributed by atoms with van der Waals surface area (Å²) in [5.41, 5.74) is 12.4. The zero-order valence-corrected chi connectivity index (χ0v) is 12.6. The molecule has 0 spiro atoms. The minimum Gasteiger partial charge on any atom is -0.427 e. The van der Waals surface area contributed by atoms with Gasteiger partial charge in [0.25, 0.3) is 0 Å². The Bertz CT molecular complexity index is 539. The fraction of sp³-hybridized carbons (Fsp3) is 0.400. The molecule has 120 valence electrons. The van der Waals surface area contributed by atoms with Crippen LogP contribution in [0.25, 0.3) is 0 Å². The molecular weight excluding hydrogens is 288 g/mol. The summed E-state index contributed by atoms with van der Waals surface area (Å²) in [4.78, 5) is 33.9. The first kappa shape index (κ1) is 17.8. The van der Waals surface area contributed by atoms with Gasteiger partial charge in [0.15, 0.2) is 5.78 Å². The maximum Gasteiger partial charge on any atom is 0.326 e. The lowest BCUT2D eigenvalue weighted by Gasteiger charge is -2.12. The Morgan fingerprint density at radius 3 is 2.09 bits per heavy atom. The van der Waals surface area contributed by atoms with E-state index in [-0.39, 0.29) is 12.2 Å². The Morgan fingerprint density at radius 2 is 1.59 bits per heavy atom. The Balaban J connectivity index is 2.43. The lowest BCUT2D eigenvalue weighted by molar-refractivity contribution is -0.168. The minimum atomic E-state index is -0.891. The highest BCUT2D eigenvalue weighted by Crippen LogP contribution is 2.07. The second-order valence-corrected chi connectivity index (χ2v) is 4.90.